The second kappa shape index (κ2) is 3.80. The van der Waals surface area contributed by atoms with Gasteiger partial charge in [0.05, 0.1) is 23.3 Å². The van der Waals surface area contributed by atoms with E-state index < -0.39 is 11.8 Å². The van der Waals surface area contributed by atoms with Gasteiger partial charge in [0.15, 0.2) is 0 Å². The number of halogens is 1. The Labute approximate surface area is 108 Å². The Hall–Kier alpha value is -1.91. The molecule has 0 saturated heterocycles. The maximum atomic E-state index is 12.2. The zero-order valence-corrected chi connectivity index (χ0v) is 10.2. The van der Waals surface area contributed by atoms with Crippen molar-refractivity contribution in [3.05, 3.63) is 46.5 Å². The third-order valence-corrected chi connectivity index (χ3v) is 3.31. The molecule has 90 valence electrons. The first-order valence-corrected chi connectivity index (χ1v) is 5.67. The first-order valence-electron chi connectivity index (χ1n) is 5.29. The zero-order valence-electron chi connectivity index (χ0n) is 9.44. The number of hydrogen-bond donors (Lipinski definition) is 0. The Morgan fingerprint density at radius 3 is 2.61 bits per heavy atom. The molecule has 1 heterocycles. The molecule has 0 spiro atoms. The van der Waals surface area contributed by atoms with Crippen LogP contribution in [0.3, 0.4) is 0 Å². The van der Waals surface area contributed by atoms with Crippen molar-refractivity contribution in [1.82, 2.24) is 5.06 Å². The van der Waals surface area contributed by atoms with Crippen molar-refractivity contribution in [2.45, 2.75) is 0 Å². The second-order valence-electron chi connectivity index (χ2n) is 3.91. The van der Waals surface area contributed by atoms with Crippen LogP contribution in [0.25, 0.3) is 10.8 Å². The highest BCUT2D eigenvalue weighted by molar-refractivity contribution is 6.38. The van der Waals surface area contributed by atoms with Crippen LogP contribution in [0.1, 0.15) is 20.7 Å². The summed E-state index contributed by atoms with van der Waals surface area (Å²) in [6, 6.07) is 8.68. The quantitative estimate of drug-likeness (QED) is 0.742. The van der Waals surface area contributed by atoms with Crippen LogP contribution in [0, 0.1) is 0 Å². The van der Waals surface area contributed by atoms with E-state index in [-0.39, 0.29) is 0 Å². The third kappa shape index (κ3) is 1.30. The van der Waals surface area contributed by atoms with E-state index in [1.165, 1.54) is 7.11 Å². The van der Waals surface area contributed by atoms with E-state index in [0.29, 0.717) is 21.5 Å². The van der Waals surface area contributed by atoms with Gasteiger partial charge >= 0.3 is 0 Å². The second-order valence-corrected chi connectivity index (χ2v) is 4.32. The summed E-state index contributed by atoms with van der Waals surface area (Å²) in [6.07, 6.45) is 0. The minimum absolute atomic E-state index is 0.311. The van der Waals surface area contributed by atoms with Crippen LogP contribution in [0.15, 0.2) is 30.3 Å². The van der Waals surface area contributed by atoms with Crippen LogP contribution in [-0.2, 0) is 4.84 Å². The summed E-state index contributed by atoms with van der Waals surface area (Å²) in [6.45, 7) is 0. The molecule has 2 aromatic carbocycles. The average Bonchev–Trinajstić information content (AvgIpc) is 2.37. The van der Waals surface area contributed by atoms with Crippen molar-refractivity contribution in [1.29, 1.82) is 0 Å². The molecule has 1 aliphatic heterocycles. The topological polar surface area (TPSA) is 46.6 Å². The van der Waals surface area contributed by atoms with E-state index >= 15 is 0 Å². The summed E-state index contributed by atoms with van der Waals surface area (Å²) < 4.78 is 0. The number of carbonyl (C=O) groups is 2. The fourth-order valence-corrected chi connectivity index (χ4v) is 2.45. The Bertz CT molecular complexity index is 696. The van der Waals surface area contributed by atoms with Crippen molar-refractivity contribution in [2.75, 3.05) is 7.11 Å². The van der Waals surface area contributed by atoms with Crippen LogP contribution in [0.2, 0.25) is 5.02 Å². The average molecular weight is 262 g/mol. The number of amides is 2. The molecule has 0 N–H and O–H groups in total. The summed E-state index contributed by atoms with van der Waals surface area (Å²) in [4.78, 5) is 29.1. The highest BCUT2D eigenvalue weighted by atomic mass is 35.5. The molecule has 4 nitrogen and oxygen atoms in total. The lowest BCUT2D eigenvalue weighted by Crippen LogP contribution is -2.39. The van der Waals surface area contributed by atoms with Crippen LogP contribution in [0.5, 0.6) is 0 Å². The molecule has 0 fully saturated rings. The van der Waals surface area contributed by atoms with Gasteiger partial charge < -0.3 is 0 Å². The normalized spacial score (nSPS) is 14.4. The Morgan fingerprint density at radius 2 is 1.89 bits per heavy atom. The molecule has 3 rings (SSSR count). The van der Waals surface area contributed by atoms with Crippen molar-refractivity contribution in [3.8, 4) is 0 Å². The maximum absolute atomic E-state index is 12.2. The van der Waals surface area contributed by atoms with Crippen LogP contribution in [-0.4, -0.2) is 24.0 Å². The molecule has 18 heavy (non-hydrogen) atoms. The summed E-state index contributed by atoms with van der Waals surface area (Å²) in [7, 11) is 1.28. The minimum atomic E-state index is -0.531. The van der Waals surface area contributed by atoms with Gasteiger partial charge in [-0.25, -0.2) is 0 Å². The zero-order chi connectivity index (χ0) is 12.9. The lowest BCUT2D eigenvalue weighted by molar-refractivity contribution is -0.0689. The van der Waals surface area contributed by atoms with E-state index in [2.05, 4.69) is 0 Å². The predicted octanol–water partition coefficient (Wildman–Crippen LogP) is 2.65. The number of rotatable bonds is 1. The lowest BCUT2D eigenvalue weighted by atomic mass is 9.95. The number of hydrogen-bond acceptors (Lipinski definition) is 3. The van der Waals surface area contributed by atoms with E-state index in [0.717, 1.165) is 10.4 Å². The molecule has 0 bridgehead atoms. The highest BCUT2D eigenvalue weighted by Crippen LogP contribution is 2.34. The van der Waals surface area contributed by atoms with Crippen LogP contribution >= 0.6 is 11.6 Å². The molecule has 5 heteroatoms. The van der Waals surface area contributed by atoms with Gasteiger partial charge in [0.1, 0.15) is 0 Å². The number of nitrogens with zero attached hydrogens (tertiary/aromatic N) is 1. The minimum Gasteiger partial charge on any atom is -0.266 e. The Balaban J connectivity index is 2.48. The van der Waals surface area contributed by atoms with Gasteiger partial charge in [-0.05, 0) is 17.5 Å². The van der Waals surface area contributed by atoms with Crippen LogP contribution in [0.4, 0.5) is 0 Å². The summed E-state index contributed by atoms with van der Waals surface area (Å²) in [5, 5.41) is 2.44. The van der Waals surface area contributed by atoms with Gasteiger partial charge in [-0.15, -0.1) is 5.06 Å². The summed E-state index contributed by atoms with van der Waals surface area (Å²) in [5.41, 5.74) is 0.734. The lowest BCUT2D eigenvalue weighted by Gasteiger charge is -2.25. The molecular weight excluding hydrogens is 254 g/mol. The third-order valence-electron chi connectivity index (χ3n) is 2.99. The number of hydroxylamine groups is 2. The van der Waals surface area contributed by atoms with Crippen LogP contribution < -0.4 is 0 Å². The molecule has 2 aromatic rings. The number of carbonyl (C=O) groups excluding carboxylic acids is 2. The van der Waals surface area contributed by atoms with E-state index in [4.69, 9.17) is 16.4 Å². The molecular formula is C13H8ClNO3. The highest BCUT2D eigenvalue weighted by Gasteiger charge is 2.34. The Kier molecular flexibility index (Phi) is 2.36. The summed E-state index contributed by atoms with van der Waals surface area (Å²) >= 11 is 6.06. The molecule has 0 unspecified atom stereocenters. The van der Waals surface area contributed by atoms with Gasteiger partial charge in [-0.3, -0.25) is 14.4 Å². The first kappa shape index (κ1) is 11.2. The van der Waals surface area contributed by atoms with Crippen molar-refractivity contribution >= 4 is 34.2 Å². The van der Waals surface area contributed by atoms with E-state index in [9.17, 15) is 9.59 Å². The molecule has 1 aliphatic rings. The molecule has 0 saturated carbocycles. The van der Waals surface area contributed by atoms with E-state index in [1.54, 1.807) is 24.3 Å². The maximum Gasteiger partial charge on any atom is 0.287 e. The predicted molar refractivity (Wildman–Crippen MR) is 66.5 cm³/mol. The smallest absolute Gasteiger partial charge is 0.266 e. The van der Waals surface area contributed by atoms with Gasteiger partial charge in [0.2, 0.25) is 0 Å². The van der Waals surface area contributed by atoms with E-state index in [1.807, 2.05) is 6.07 Å². The molecule has 2 amide bonds. The monoisotopic (exact) mass is 261 g/mol. The number of imide groups is 1. The fraction of sp³-hybridized carbons (Fsp3) is 0.0769. The standard InChI is InChI=1S/C13H8ClNO3/c1-18-15-12(16)8-4-2-3-7-5-6-9(14)11(10(7)8)13(15)17/h2-6H,1H3. The molecule has 0 aliphatic carbocycles. The Morgan fingerprint density at radius 1 is 1.11 bits per heavy atom. The largest absolute Gasteiger partial charge is 0.287 e. The van der Waals surface area contributed by atoms with Gasteiger partial charge in [-0.1, -0.05) is 29.8 Å². The molecule has 0 aromatic heterocycles. The van der Waals surface area contributed by atoms with Crippen molar-refractivity contribution in [2.24, 2.45) is 0 Å². The number of benzene rings is 2. The summed E-state index contributed by atoms with van der Waals surface area (Å²) in [5.74, 6) is -1.00. The van der Waals surface area contributed by atoms with Gasteiger partial charge in [0.25, 0.3) is 11.8 Å². The molecule has 0 atom stereocenters. The fourth-order valence-electron chi connectivity index (χ4n) is 2.21. The SMILES string of the molecule is CON1C(=O)c2cccc3ccc(Cl)c(c23)C1=O. The molecule has 0 radical (unpaired) electrons. The van der Waals surface area contributed by atoms with Crippen molar-refractivity contribution in [3.63, 3.8) is 0 Å². The van der Waals surface area contributed by atoms with Gasteiger partial charge in [0, 0.05) is 5.39 Å². The first-order chi connectivity index (χ1) is 8.65. The van der Waals surface area contributed by atoms with Crippen molar-refractivity contribution < 1.29 is 14.4 Å². The van der Waals surface area contributed by atoms with Gasteiger partial charge in [-0.2, -0.15) is 0 Å².